The molecule has 4 aromatic rings. The topological polar surface area (TPSA) is 160 Å². The largest absolute Gasteiger partial charge is 0.494 e. The Bertz CT molecular complexity index is 1910. The summed E-state index contributed by atoms with van der Waals surface area (Å²) in [4.78, 5) is 30.1. The molecule has 3 heterocycles. The zero-order valence-electron chi connectivity index (χ0n) is 25.9. The van der Waals surface area contributed by atoms with Crippen molar-refractivity contribution in [2.24, 2.45) is 5.73 Å². The van der Waals surface area contributed by atoms with Gasteiger partial charge in [0, 0.05) is 28.3 Å². The highest BCUT2D eigenvalue weighted by atomic mass is 19.4. The van der Waals surface area contributed by atoms with Crippen molar-refractivity contribution in [2.45, 2.75) is 43.0 Å². The molecule has 0 saturated heterocycles. The minimum Gasteiger partial charge on any atom is -0.494 e. The molecular formula is C32H32F3N5O7. The van der Waals surface area contributed by atoms with Gasteiger partial charge in [-0.05, 0) is 56.2 Å². The molecule has 2 atom stereocenters. The van der Waals surface area contributed by atoms with Crippen LogP contribution in [0.3, 0.4) is 0 Å². The molecule has 1 aliphatic carbocycles. The second kappa shape index (κ2) is 11.3. The molecule has 1 saturated carbocycles. The molecule has 0 bridgehead atoms. The highest BCUT2D eigenvalue weighted by molar-refractivity contribution is 6.00. The number of nitrogens with one attached hydrogen (secondary N) is 1. The van der Waals surface area contributed by atoms with E-state index in [2.05, 4.69) is 15.4 Å². The number of halogens is 3. The van der Waals surface area contributed by atoms with Crippen LogP contribution in [0.15, 0.2) is 42.6 Å². The van der Waals surface area contributed by atoms with Gasteiger partial charge in [0.15, 0.2) is 11.5 Å². The van der Waals surface area contributed by atoms with Crippen LogP contribution < -0.4 is 30.0 Å². The lowest BCUT2D eigenvalue weighted by Crippen LogP contribution is -2.51. The summed E-state index contributed by atoms with van der Waals surface area (Å²) in [5.74, 6) is -0.888. The monoisotopic (exact) mass is 655 g/mol. The Hall–Kier alpha value is -5.05. The van der Waals surface area contributed by atoms with Crippen molar-refractivity contribution in [3.63, 3.8) is 0 Å². The van der Waals surface area contributed by atoms with Crippen molar-refractivity contribution < 1.29 is 46.8 Å². The number of aliphatic hydroxyl groups is 1. The summed E-state index contributed by atoms with van der Waals surface area (Å²) in [6.45, 7) is -0.166. The predicted molar refractivity (Wildman–Crippen MR) is 162 cm³/mol. The normalized spacial score (nSPS) is 18.6. The zero-order chi connectivity index (χ0) is 33.9. The quantitative estimate of drug-likeness (QED) is 0.231. The maximum Gasteiger partial charge on any atom is 0.424 e. The number of pyridine rings is 1. The van der Waals surface area contributed by atoms with E-state index in [9.17, 15) is 27.9 Å². The molecule has 12 nitrogen and oxygen atoms in total. The zero-order valence-corrected chi connectivity index (χ0v) is 25.9. The van der Waals surface area contributed by atoms with Crippen molar-refractivity contribution in [2.75, 3.05) is 34.5 Å². The minimum absolute atomic E-state index is 0.00291. The number of nitrogens with two attached hydrogens (primary N) is 1. The van der Waals surface area contributed by atoms with Crippen LogP contribution in [0.2, 0.25) is 0 Å². The van der Waals surface area contributed by atoms with Crippen LogP contribution >= 0.6 is 0 Å². The molecule has 4 N–H and O–H groups in total. The molecule has 2 aromatic heterocycles. The second-order valence-electron chi connectivity index (χ2n) is 11.8. The van der Waals surface area contributed by atoms with E-state index in [1.54, 1.807) is 10.9 Å². The number of primary amides is 1. The molecule has 0 radical (unpaired) electrons. The Morgan fingerprint density at radius 3 is 2.40 bits per heavy atom. The predicted octanol–water partition coefficient (Wildman–Crippen LogP) is 3.77. The number of aromatic nitrogens is 3. The van der Waals surface area contributed by atoms with E-state index >= 15 is 0 Å². The average molecular weight is 656 g/mol. The maximum atomic E-state index is 14.9. The first-order chi connectivity index (χ1) is 22.2. The highest BCUT2D eigenvalue weighted by Gasteiger charge is 2.57. The summed E-state index contributed by atoms with van der Waals surface area (Å²) >= 11 is 0. The number of carbonyl (C=O) groups is 2. The van der Waals surface area contributed by atoms with Gasteiger partial charge in [0.1, 0.15) is 34.7 Å². The third-order valence-electron chi connectivity index (χ3n) is 8.67. The van der Waals surface area contributed by atoms with Crippen molar-refractivity contribution >= 4 is 22.7 Å². The van der Waals surface area contributed by atoms with E-state index in [-0.39, 0.29) is 52.3 Å². The van der Waals surface area contributed by atoms with Gasteiger partial charge in [-0.3, -0.25) is 14.3 Å². The number of hydrogen-bond donors (Lipinski definition) is 3. The van der Waals surface area contributed by atoms with Gasteiger partial charge in [-0.25, -0.2) is 4.98 Å². The molecular weight excluding hydrogens is 623 g/mol. The van der Waals surface area contributed by atoms with Crippen LogP contribution in [0.4, 0.5) is 13.2 Å². The Morgan fingerprint density at radius 2 is 1.79 bits per heavy atom. The number of amides is 2. The lowest BCUT2D eigenvalue weighted by molar-refractivity contribution is -0.265. The molecule has 2 amide bonds. The number of nitrogens with zero attached hydrogens (tertiary/aromatic N) is 3. The first-order valence-electron chi connectivity index (χ1n) is 14.6. The lowest BCUT2D eigenvalue weighted by atomic mass is 9.81. The summed E-state index contributed by atoms with van der Waals surface area (Å²) in [7, 11) is 4.20. The van der Waals surface area contributed by atoms with Crippen LogP contribution in [-0.4, -0.2) is 72.3 Å². The maximum absolute atomic E-state index is 14.9. The molecule has 15 heteroatoms. The van der Waals surface area contributed by atoms with Gasteiger partial charge in [0.05, 0.1) is 39.6 Å². The summed E-state index contributed by atoms with van der Waals surface area (Å²) in [5, 5.41) is 18.7. The third kappa shape index (κ3) is 5.33. The number of alkyl halides is 3. The fraction of sp³-hybridized carbons (Fsp3) is 0.375. The Morgan fingerprint density at radius 1 is 1.09 bits per heavy atom. The van der Waals surface area contributed by atoms with Crippen LogP contribution in [0.25, 0.3) is 22.2 Å². The van der Waals surface area contributed by atoms with Gasteiger partial charge in [-0.2, -0.15) is 18.3 Å². The van der Waals surface area contributed by atoms with Gasteiger partial charge >= 0.3 is 6.18 Å². The number of benzene rings is 2. The first kappa shape index (κ1) is 31.9. The van der Waals surface area contributed by atoms with Crippen LogP contribution in [0.1, 0.15) is 47.4 Å². The number of hydrogen-bond acceptors (Lipinski definition) is 9. The van der Waals surface area contributed by atoms with Gasteiger partial charge in [0.2, 0.25) is 11.5 Å². The summed E-state index contributed by atoms with van der Waals surface area (Å²) in [6, 6.07) is 8.55. The van der Waals surface area contributed by atoms with Crippen molar-refractivity contribution in [1.82, 2.24) is 20.1 Å². The standard InChI is InChI=1S/C32H32F3N5O7/c1-30(29(36)42)15-47-27-20(30)12-24(38-26(27)16-5-8-21(44-2)22(10-16)45-3)31(43,32(33,34)35)14-37-28(41)17-9-18-13-40(19-6-7-19)39-25(18)23(11-17)46-4/h5,8-13,19,43H,6-7,14-15H2,1-4H3,(H2,36,42)(H,37,41)/t30-,31-/m0/s1. The fourth-order valence-corrected chi connectivity index (χ4v) is 5.56. The Balaban J connectivity index is 1.42. The van der Waals surface area contributed by atoms with E-state index in [1.807, 2.05) is 0 Å². The smallest absolute Gasteiger partial charge is 0.424 e. The summed E-state index contributed by atoms with van der Waals surface area (Å²) < 4.78 is 68.2. The molecule has 2 aromatic carbocycles. The lowest BCUT2D eigenvalue weighted by Gasteiger charge is -2.31. The van der Waals surface area contributed by atoms with Crippen molar-refractivity contribution in [3.8, 4) is 34.3 Å². The molecule has 0 spiro atoms. The van der Waals surface area contributed by atoms with Gasteiger partial charge in [-0.15, -0.1) is 0 Å². The number of carbonyl (C=O) groups excluding carboxylic acids is 2. The second-order valence-corrected chi connectivity index (χ2v) is 11.8. The molecule has 47 heavy (non-hydrogen) atoms. The SMILES string of the molecule is COc1ccc(-c2nc([C@@](O)(CNC(=O)c3cc(OC)c4nn(C5CC5)cc4c3)C(F)(F)F)cc3c2OC[C@]3(C)C(N)=O)cc1OC. The first-order valence-corrected chi connectivity index (χ1v) is 14.6. The number of fused-ring (bicyclic) bond motifs is 2. The molecule has 2 aliphatic rings. The van der Waals surface area contributed by atoms with Gasteiger partial charge in [0.25, 0.3) is 5.91 Å². The highest BCUT2D eigenvalue weighted by Crippen LogP contribution is 2.48. The van der Waals surface area contributed by atoms with E-state index in [0.717, 1.165) is 18.9 Å². The average Bonchev–Trinajstić information content (AvgIpc) is 3.72. The number of methoxy groups -OCH3 is 3. The van der Waals surface area contributed by atoms with Gasteiger partial charge < -0.3 is 35.1 Å². The molecule has 1 aliphatic heterocycles. The van der Waals surface area contributed by atoms with Crippen molar-refractivity contribution in [1.29, 1.82) is 0 Å². The summed E-state index contributed by atoms with van der Waals surface area (Å²) in [6.07, 6.45) is -1.66. The van der Waals surface area contributed by atoms with Crippen LogP contribution in [0, 0.1) is 0 Å². The van der Waals surface area contributed by atoms with E-state index < -0.39 is 41.2 Å². The minimum atomic E-state index is -5.34. The Labute approximate surface area is 266 Å². The third-order valence-corrected chi connectivity index (χ3v) is 8.67. The number of ether oxygens (including phenoxy) is 4. The van der Waals surface area contributed by atoms with E-state index in [0.29, 0.717) is 16.7 Å². The molecule has 0 unspecified atom stereocenters. The van der Waals surface area contributed by atoms with E-state index in [1.165, 1.54) is 58.6 Å². The fourth-order valence-electron chi connectivity index (χ4n) is 5.56. The van der Waals surface area contributed by atoms with E-state index in [4.69, 9.17) is 24.7 Å². The summed E-state index contributed by atoms with van der Waals surface area (Å²) in [5.41, 5.74) is 0.166. The van der Waals surface area contributed by atoms with Crippen LogP contribution in [-0.2, 0) is 15.8 Å². The molecule has 1 fully saturated rings. The number of rotatable bonds is 10. The molecule has 248 valence electrons. The Kier molecular flexibility index (Phi) is 7.69. The van der Waals surface area contributed by atoms with Crippen LogP contribution in [0.5, 0.6) is 23.0 Å². The molecule has 6 rings (SSSR count). The van der Waals surface area contributed by atoms with Crippen molar-refractivity contribution in [3.05, 3.63) is 59.4 Å². The van der Waals surface area contributed by atoms with Gasteiger partial charge in [-0.1, -0.05) is 0 Å².